The van der Waals surface area contributed by atoms with E-state index in [0.29, 0.717) is 19.5 Å². The van der Waals surface area contributed by atoms with E-state index in [1.807, 2.05) is 43.3 Å². The number of carbonyl (C=O) groups is 2. The molecular weight excluding hydrogens is 324 g/mol. The average molecular weight is 350 g/mol. The van der Waals surface area contributed by atoms with Crippen molar-refractivity contribution in [3.63, 3.8) is 0 Å². The molecule has 2 aromatic carbocycles. The van der Waals surface area contributed by atoms with Gasteiger partial charge in [0.1, 0.15) is 6.04 Å². The predicted octanol–water partition coefficient (Wildman–Crippen LogP) is 3.40. The van der Waals surface area contributed by atoms with Crippen LogP contribution in [0.2, 0.25) is 0 Å². The summed E-state index contributed by atoms with van der Waals surface area (Å²) in [6.07, 6.45) is 2.20. The summed E-state index contributed by atoms with van der Waals surface area (Å²) in [6, 6.07) is 15.5. The molecule has 1 atom stereocenters. The normalized spacial score (nSPS) is 16.3. The summed E-state index contributed by atoms with van der Waals surface area (Å²) < 4.78 is 0. The van der Waals surface area contributed by atoms with Crippen LogP contribution in [0.25, 0.3) is 0 Å². The first-order chi connectivity index (χ1) is 12.6. The summed E-state index contributed by atoms with van der Waals surface area (Å²) in [5.41, 5.74) is 4.24. The Morgan fingerprint density at radius 1 is 1.08 bits per heavy atom. The van der Waals surface area contributed by atoms with E-state index >= 15 is 0 Å². The maximum absolute atomic E-state index is 13.0. The number of nitrogens with zero attached hydrogens (tertiary/aromatic N) is 1. The van der Waals surface area contributed by atoms with Gasteiger partial charge < -0.3 is 10.2 Å². The van der Waals surface area contributed by atoms with Crippen molar-refractivity contribution in [2.75, 3.05) is 6.54 Å². The van der Waals surface area contributed by atoms with Crippen molar-refractivity contribution < 1.29 is 9.59 Å². The smallest absolute Gasteiger partial charge is 0.247 e. The van der Waals surface area contributed by atoms with Gasteiger partial charge in [0.2, 0.25) is 11.8 Å². The predicted molar refractivity (Wildman–Crippen MR) is 103 cm³/mol. The molecule has 0 radical (unpaired) electrons. The highest BCUT2D eigenvalue weighted by Gasteiger charge is 2.36. The zero-order chi connectivity index (χ0) is 18.5. The van der Waals surface area contributed by atoms with Gasteiger partial charge in [-0.3, -0.25) is 9.59 Å². The van der Waals surface area contributed by atoms with E-state index in [1.54, 1.807) is 4.90 Å². The molecule has 0 spiro atoms. The van der Waals surface area contributed by atoms with Crippen LogP contribution in [-0.4, -0.2) is 23.3 Å². The fraction of sp³-hybridized carbons (Fsp3) is 0.364. The van der Waals surface area contributed by atoms with Crippen molar-refractivity contribution >= 4 is 11.8 Å². The number of rotatable bonds is 6. The topological polar surface area (TPSA) is 49.4 Å². The molecule has 4 nitrogen and oxygen atoms in total. The Kier molecular flexibility index (Phi) is 5.71. The van der Waals surface area contributed by atoms with Crippen LogP contribution < -0.4 is 5.32 Å². The summed E-state index contributed by atoms with van der Waals surface area (Å²) in [6.45, 7) is 5.21. The van der Waals surface area contributed by atoms with Crippen LogP contribution >= 0.6 is 0 Å². The van der Waals surface area contributed by atoms with Crippen LogP contribution in [0, 0.1) is 0 Å². The Labute approximate surface area is 155 Å². The highest BCUT2D eigenvalue weighted by atomic mass is 16.2. The number of hydrogen-bond acceptors (Lipinski definition) is 2. The van der Waals surface area contributed by atoms with Crippen molar-refractivity contribution in [1.82, 2.24) is 10.2 Å². The first-order valence-electron chi connectivity index (χ1n) is 9.36. The SMILES string of the molecule is CCCN1C(=O)Cc2ccccc2[C@@H]1C(=O)NCc1ccc(CC)cc1. The minimum absolute atomic E-state index is 0.0259. The molecule has 2 aromatic rings. The molecule has 136 valence electrons. The molecule has 0 saturated heterocycles. The third-order valence-electron chi connectivity index (χ3n) is 4.93. The monoisotopic (exact) mass is 350 g/mol. The largest absolute Gasteiger partial charge is 0.350 e. The van der Waals surface area contributed by atoms with Gasteiger partial charge in [0, 0.05) is 13.1 Å². The third kappa shape index (κ3) is 3.79. The second kappa shape index (κ2) is 8.17. The second-order valence-electron chi connectivity index (χ2n) is 6.75. The summed E-state index contributed by atoms with van der Waals surface area (Å²) in [7, 11) is 0. The molecule has 26 heavy (non-hydrogen) atoms. The van der Waals surface area contributed by atoms with Crippen molar-refractivity contribution in [1.29, 1.82) is 0 Å². The average Bonchev–Trinajstić information content (AvgIpc) is 2.67. The number of fused-ring (bicyclic) bond motifs is 1. The lowest BCUT2D eigenvalue weighted by molar-refractivity contribution is -0.141. The van der Waals surface area contributed by atoms with Crippen LogP contribution in [0.1, 0.15) is 48.6 Å². The zero-order valence-electron chi connectivity index (χ0n) is 15.5. The number of nitrogens with one attached hydrogen (secondary N) is 1. The van der Waals surface area contributed by atoms with E-state index in [4.69, 9.17) is 0 Å². The maximum atomic E-state index is 13.0. The maximum Gasteiger partial charge on any atom is 0.247 e. The fourth-order valence-electron chi connectivity index (χ4n) is 3.49. The summed E-state index contributed by atoms with van der Waals surface area (Å²) in [5.74, 6) is -0.0866. The van der Waals surface area contributed by atoms with Crippen LogP contribution in [0.3, 0.4) is 0 Å². The molecule has 1 aliphatic rings. The van der Waals surface area contributed by atoms with E-state index < -0.39 is 6.04 Å². The van der Waals surface area contributed by atoms with Gasteiger partial charge in [0.25, 0.3) is 0 Å². The number of hydrogen-bond donors (Lipinski definition) is 1. The quantitative estimate of drug-likeness (QED) is 0.868. The van der Waals surface area contributed by atoms with E-state index in [1.165, 1.54) is 5.56 Å². The van der Waals surface area contributed by atoms with E-state index in [-0.39, 0.29) is 11.8 Å². The molecule has 0 saturated carbocycles. The van der Waals surface area contributed by atoms with Gasteiger partial charge in [-0.2, -0.15) is 0 Å². The Morgan fingerprint density at radius 3 is 2.46 bits per heavy atom. The van der Waals surface area contributed by atoms with Crippen LogP contribution in [0.15, 0.2) is 48.5 Å². The minimum Gasteiger partial charge on any atom is -0.350 e. The van der Waals surface area contributed by atoms with Crippen molar-refractivity contribution in [2.24, 2.45) is 0 Å². The van der Waals surface area contributed by atoms with Crippen molar-refractivity contribution in [3.8, 4) is 0 Å². The third-order valence-corrected chi connectivity index (χ3v) is 4.93. The van der Waals surface area contributed by atoms with Gasteiger partial charge >= 0.3 is 0 Å². The lowest BCUT2D eigenvalue weighted by Gasteiger charge is -2.36. The van der Waals surface area contributed by atoms with Crippen LogP contribution in [0.4, 0.5) is 0 Å². The lowest BCUT2D eigenvalue weighted by Crippen LogP contribution is -2.47. The molecule has 0 unspecified atom stereocenters. The summed E-state index contributed by atoms with van der Waals surface area (Å²) in [5, 5.41) is 3.02. The molecular formula is C22H26N2O2. The molecule has 3 rings (SSSR count). The molecule has 0 aliphatic carbocycles. The van der Waals surface area contributed by atoms with E-state index in [2.05, 4.69) is 24.4 Å². The van der Waals surface area contributed by atoms with E-state index in [9.17, 15) is 9.59 Å². The Bertz CT molecular complexity index is 783. The van der Waals surface area contributed by atoms with Gasteiger partial charge in [0.15, 0.2) is 0 Å². The number of carbonyl (C=O) groups excluding carboxylic acids is 2. The van der Waals surface area contributed by atoms with Gasteiger partial charge in [-0.25, -0.2) is 0 Å². The Balaban J connectivity index is 1.79. The lowest BCUT2D eigenvalue weighted by atomic mass is 9.91. The highest BCUT2D eigenvalue weighted by Crippen LogP contribution is 2.30. The van der Waals surface area contributed by atoms with Crippen LogP contribution in [-0.2, 0) is 29.0 Å². The summed E-state index contributed by atoms with van der Waals surface area (Å²) in [4.78, 5) is 27.3. The minimum atomic E-state index is -0.540. The van der Waals surface area contributed by atoms with Gasteiger partial charge in [-0.05, 0) is 35.1 Å². The first-order valence-corrected chi connectivity index (χ1v) is 9.36. The van der Waals surface area contributed by atoms with E-state index in [0.717, 1.165) is 29.5 Å². The number of benzene rings is 2. The van der Waals surface area contributed by atoms with Gasteiger partial charge in [-0.15, -0.1) is 0 Å². The Morgan fingerprint density at radius 2 is 1.77 bits per heavy atom. The molecule has 2 amide bonds. The van der Waals surface area contributed by atoms with Crippen molar-refractivity contribution in [2.45, 2.75) is 45.7 Å². The van der Waals surface area contributed by atoms with Gasteiger partial charge in [-0.1, -0.05) is 62.4 Å². The number of amides is 2. The molecule has 0 bridgehead atoms. The van der Waals surface area contributed by atoms with Crippen LogP contribution in [0.5, 0.6) is 0 Å². The second-order valence-corrected chi connectivity index (χ2v) is 6.75. The Hall–Kier alpha value is -2.62. The molecule has 0 aromatic heterocycles. The number of aryl methyl sites for hydroxylation is 1. The highest BCUT2D eigenvalue weighted by molar-refractivity contribution is 5.92. The summed E-state index contributed by atoms with van der Waals surface area (Å²) >= 11 is 0. The van der Waals surface area contributed by atoms with Crippen molar-refractivity contribution in [3.05, 3.63) is 70.8 Å². The molecule has 1 N–H and O–H groups in total. The fourth-order valence-corrected chi connectivity index (χ4v) is 3.49. The molecule has 0 fully saturated rings. The van der Waals surface area contributed by atoms with Gasteiger partial charge in [0.05, 0.1) is 6.42 Å². The molecule has 4 heteroatoms. The molecule has 1 aliphatic heterocycles. The molecule has 1 heterocycles. The standard InChI is InChI=1S/C22H26N2O2/c1-3-13-24-20(25)14-18-7-5-6-8-19(18)21(24)22(26)23-15-17-11-9-16(4-2)10-12-17/h5-12,21H,3-4,13-15H2,1-2H3,(H,23,26)/t21-/m1/s1. The zero-order valence-corrected chi connectivity index (χ0v) is 15.5. The first kappa shape index (κ1) is 18.2.